The summed E-state index contributed by atoms with van der Waals surface area (Å²) in [6.07, 6.45) is 2.65. The molecule has 1 fully saturated rings. The van der Waals surface area contributed by atoms with Crippen molar-refractivity contribution in [1.29, 1.82) is 0 Å². The van der Waals surface area contributed by atoms with Crippen molar-refractivity contribution in [3.05, 3.63) is 47.7 Å². The highest BCUT2D eigenvalue weighted by molar-refractivity contribution is 5.41. The monoisotopic (exact) mass is 333 g/mol. The van der Waals surface area contributed by atoms with Gasteiger partial charge in [0.1, 0.15) is 17.5 Å². The second-order valence-corrected chi connectivity index (χ2v) is 6.24. The van der Waals surface area contributed by atoms with Gasteiger partial charge in [-0.2, -0.15) is 4.98 Å². The average molecular weight is 333 g/mol. The molecule has 1 N–H and O–H groups in total. The van der Waals surface area contributed by atoms with Crippen LogP contribution in [0.5, 0.6) is 0 Å². The highest BCUT2D eigenvalue weighted by Crippen LogP contribution is 2.19. The molecular weight excluding hydrogens is 312 g/mol. The molecule has 0 saturated carbocycles. The Balaban J connectivity index is 1.59. The number of halogens is 2. The molecular formula is C17H21F2N5. The van der Waals surface area contributed by atoms with E-state index in [1.165, 1.54) is 12.1 Å². The molecule has 0 radical (unpaired) electrons. The molecule has 1 saturated heterocycles. The van der Waals surface area contributed by atoms with E-state index in [1.807, 2.05) is 25.1 Å². The topological polar surface area (TPSA) is 44.3 Å². The van der Waals surface area contributed by atoms with Crippen molar-refractivity contribution in [3.8, 4) is 0 Å². The van der Waals surface area contributed by atoms with E-state index in [0.29, 0.717) is 18.1 Å². The van der Waals surface area contributed by atoms with Crippen molar-refractivity contribution in [2.45, 2.75) is 19.0 Å². The second kappa shape index (κ2) is 7.09. The highest BCUT2D eigenvalue weighted by atomic mass is 19.1. The van der Waals surface area contributed by atoms with Gasteiger partial charge in [0.25, 0.3) is 0 Å². The highest BCUT2D eigenvalue weighted by Gasteiger charge is 2.23. The molecule has 1 aromatic carbocycles. The molecule has 3 rings (SSSR count). The first-order valence-corrected chi connectivity index (χ1v) is 7.94. The van der Waals surface area contributed by atoms with Crippen molar-refractivity contribution in [1.82, 2.24) is 14.9 Å². The molecule has 0 aliphatic carbocycles. The molecule has 0 bridgehead atoms. The van der Waals surface area contributed by atoms with Gasteiger partial charge in [0, 0.05) is 51.5 Å². The molecule has 7 heteroatoms. The first kappa shape index (κ1) is 16.6. The molecule has 2 aromatic rings. The van der Waals surface area contributed by atoms with Crippen LogP contribution in [0.3, 0.4) is 0 Å². The maximum absolute atomic E-state index is 13.8. The number of likely N-dealkylation sites (tertiary alicyclic amines) is 1. The van der Waals surface area contributed by atoms with Gasteiger partial charge in [0.05, 0.1) is 0 Å². The average Bonchev–Trinajstić information content (AvgIpc) is 2.98. The molecule has 128 valence electrons. The lowest BCUT2D eigenvalue weighted by Crippen LogP contribution is -2.27. The molecule has 24 heavy (non-hydrogen) atoms. The summed E-state index contributed by atoms with van der Waals surface area (Å²) in [7, 11) is 3.79. The number of nitrogens with zero attached hydrogens (tertiary/aromatic N) is 4. The Labute approximate surface area is 140 Å². The lowest BCUT2D eigenvalue weighted by atomic mass is 10.2. The maximum atomic E-state index is 13.8. The van der Waals surface area contributed by atoms with Crippen molar-refractivity contribution < 1.29 is 8.78 Å². The third kappa shape index (κ3) is 3.97. The summed E-state index contributed by atoms with van der Waals surface area (Å²) >= 11 is 0. The van der Waals surface area contributed by atoms with E-state index in [2.05, 4.69) is 20.2 Å². The Bertz CT molecular complexity index is 707. The number of rotatable bonds is 5. The van der Waals surface area contributed by atoms with Gasteiger partial charge in [-0.3, -0.25) is 4.90 Å². The number of hydrogen-bond donors (Lipinski definition) is 1. The van der Waals surface area contributed by atoms with E-state index < -0.39 is 5.82 Å². The molecule has 1 atom stereocenters. The minimum Gasteiger partial charge on any atom is -0.366 e. The van der Waals surface area contributed by atoms with Crippen LogP contribution in [0.4, 0.5) is 20.5 Å². The fourth-order valence-electron chi connectivity index (χ4n) is 2.85. The van der Waals surface area contributed by atoms with E-state index in [-0.39, 0.29) is 11.9 Å². The molecule has 1 aromatic heterocycles. The molecule has 1 unspecified atom stereocenters. The van der Waals surface area contributed by atoms with Crippen LogP contribution in [-0.4, -0.2) is 48.1 Å². The minimum absolute atomic E-state index is 0.228. The Morgan fingerprint density at radius 3 is 2.92 bits per heavy atom. The van der Waals surface area contributed by atoms with Crippen molar-refractivity contribution in [2.24, 2.45) is 0 Å². The van der Waals surface area contributed by atoms with Crippen LogP contribution in [-0.2, 0) is 6.54 Å². The molecule has 1 aliphatic heterocycles. The van der Waals surface area contributed by atoms with E-state index in [4.69, 9.17) is 0 Å². The Hall–Kier alpha value is -2.28. The van der Waals surface area contributed by atoms with Crippen molar-refractivity contribution in [2.75, 3.05) is 37.4 Å². The lowest BCUT2D eigenvalue weighted by Gasteiger charge is -2.18. The van der Waals surface area contributed by atoms with Gasteiger partial charge in [-0.1, -0.05) is 0 Å². The third-order valence-electron chi connectivity index (χ3n) is 4.07. The standard InChI is InChI=1S/C17H21F2N5/c1-23(2)17-20-7-5-16(22-17)21-14-6-8-24(11-14)10-12-9-13(18)3-4-15(12)19/h3-5,7,9,14H,6,8,10-11H2,1-2H3,(H,20,21,22). The maximum Gasteiger partial charge on any atom is 0.226 e. The van der Waals surface area contributed by atoms with Crippen LogP contribution >= 0.6 is 0 Å². The summed E-state index contributed by atoms with van der Waals surface area (Å²) in [5.74, 6) is 0.658. The third-order valence-corrected chi connectivity index (χ3v) is 4.07. The summed E-state index contributed by atoms with van der Waals surface area (Å²) in [6, 6.07) is 5.66. The normalized spacial score (nSPS) is 17.9. The van der Waals surface area contributed by atoms with Crippen LogP contribution in [0.2, 0.25) is 0 Å². The quantitative estimate of drug-likeness (QED) is 0.911. The largest absolute Gasteiger partial charge is 0.366 e. The van der Waals surface area contributed by atoms with Gasteiger partial charge in [-0.05, 0) is 30.7 Å². The zero-order valence-electron chi connectivity index (χ0n) is 13.8. The smallest absolute Gasteiger partial charge is 0.226 e. The van der Waals surface area contributed by atoms with Gasteiger partial charge in [0.2, 0.25) is 5.95 Å². The van der Waals surface area contributed by atoms with Gasteiger partial charge in [0.15, 0.2) is 0 Å². The molecule has 5 nitrogen and oxygen atoms in total. The summed E-state index contributed by atoms with van der Waals surface area (Å²) in [4.78, 5) is 12.6. The van der Waals surface area contributed by atoms with Crippen LogP contribution < -0.4 is 10.2 Å². The minimum atomic E-state index is -0.405. The number of hydrogen-bond acceptors (Lipinski definition) is 5. The summed E-state index contributed by atoms with van der Waals surface area (Å²) < 4.78 is 27.0. The summed E-state index contributed by atoms with van der Waals surface area (Å²) in [5.41, 5.74) is 0.396. The molecule has 2 heterocycles. The Morgan fingerprint density at radius 1 is 1.29 bits per heavy atom. The van der Waals surface area contributed by atoms with Gasteiger partial charge >= 0.3 is 0 Å². The van der Waals surface area contributed by atoms with Crippen LogP contribution in [0.25, 0.3) is 0 Å². The number of benzene rings is 1. The molecule has 1 aliphatic rings. The van der Waals surface area contributed by atoms with E-state index >= 15 is 0 Å². The van der Waals surface area contributed by atoms with Crippen LogP contribution in [0, 0.1) is 11.6 Å². The van der Waals surface area contributed by atoms with E-state index in [0.717, 1.165) is 31.4 Å². The fraction of sp³-hybridized carbons (Fsp3) is 0.412. The number of nitrogens with one attached hydrogen (secondary N) is 1. The van der Waals surface area contributed by atoms with Gasteiger partial charge in [-0.25, -0.2) is 13.8 Å². The Kier molecular flexibility index (Phi) is 4.89. The van der Waals surface area contributed by atoms with E-state index in [9.17, 15) is 8.78 Å². The fourth-order valence-corrected chi connectivity index (χ4v) is 2.85. The van der Waals surface area contributed by atoms with Crippen molar-refractivity contribution >= 4 is 11.8 Å². The number of aromatic nitrogens is 2. The predicted molar refractivity (Wildman–Crippen MR) is 90.0 cm³/mol. The van der Waals surface area contributed by atoms with Crippen molar-refractivity contribution in [3.63, 3.8) is 0 Å². The predicted octanol–water partition coefficient (Wildman–Crippen LogP) is 2.51. The first-order valence-electron chi connectivity index (χ1n) is 7.94. The zero-order chi connectivity index (χ0) is 17.1. The SMILES string of the molecule is CN(C)c1nccc(NC2CCN(Cc3cc(F)ccc3F)C2)n1. The zero-order valence-corrected chi connectivity index (χ0v) is 13.8. The van der Waals surface area contributed by atoms with Gasteiger partial charge in [-0.15, -0.1) is 0 Å². The van der Waals surface area contributed by atoms with E-state index in [1.54, 1.807) is 6.20 Å². The Morgan fingerprint density at radius 2 is 2.12 bits per heavy atom. The number of anilines is 2. The molecule has 0 spiro atoms. The molecule has 0 amide bonds. The summed E-state index contributed by atoms with van der Waals surface area (Å²) in [5, 5.41) is 3.39. The summed E-state index contributed by atoms with van der Waals surface area (Å²) in [6.45, 7) is 2.00. The van der Waals surface area contributed by atoms with Gasteiger partial charge < -0.3 is 10.2 Å². The second-order valence-electron chi connectivity index (χ2n) is 6.24. The van der Waals surface area contributed by atoms with Crippen LogP contribution in [0.15, 0.2) is 30.5 Å². The van der Waals surface area contributed by atoms with Crippen LogP contribution in [0.1, 0.15) is 12.0 Å². The lowest BCUT2D eigenvalue weighted by molar-refractivity contribution is 0.322. The first-order chi connectivity index (χ1) is 11.5.